The quantitative estimate of drug-likeness (QED) is 0.127. The number of fused-ring (bicyclic) bond motifs is 4. The van der Waals surface area contributed by atoms with Crippen molar-refractivity contribution in [1.29, 1.82) is 0 Å². The maximum Gasteiger partial charge on any atom is 0.0387 e. The minimum Gasteiger partial charge on any atom is -0.311 e. The number of benzene rings is 2. The van der Waals surface area contributed by atoms with Gasteiger partial charge in [0.2, 0.25) is 0 Å². The fraction of sp³-hybridized carbons (Fsp3) is 0.800. The Bertz CT molecular complexity index is 1810. The number of hydrogen-bond donors (Lipinski definition) is 1. The van der Waals surface area contributed by atoms with Crippen LogP contribution in [-0.4, -0.2) is 12.1 Å². The van der Waals surface area contributed by atoms with Crippen LogP contribution in [0.4, 0.5) is 0 Å². The summed E-state index contributed by atoms with van der Waals surface area (Å²) in [7, 11) is 0. The summed E-state index contributed by atoms with van der Waals surface area (Å²) >= 11 is 2.10. The van der Waals surface area contributed by atoms with Crippen LogP contribution in [0.1, 0.15) is 208 Å². The first-order valence-corrected chi connectivity index (χ1v) is 28.4. The minimum absolute atomic E-state index is 0.636. The molecule has 0 bridgehead atoms. The van der Waals surface area contributed by atoms with E-state index in [1.807, 2.05) is 0 Å². The summed E-state index contributed by atoms with van der Waals surface area (Å²) in [6, 6.07) is 13.9. The Morgan fingerprint density at radius 3 is 2.27 bits per heavy atom. The van der Waals surface area contributed by atoms with Crippen LogP contribution in [0.3, 0.4) is 0 Å². The molecule has 2 heterocycles. The maximum atomic E-state index is 4.44. The lowest BCUT2D eigenvalue weighted by molar-refractivity contribution is -0.0310. The second-order valence-corrected chi connectivity index (χ2v) is 25.0. The Labute approximate surface area is 387 Å². The Hall–Kier alpha value is -1.38. The Balaban J connectivity index is 1.12. The van der Waals surface area contributed by atoms with Crippen LogP contribution in [0.2, 0.25) is 0 Å². The smallest absolute Gasteiger partial charge is 0.0387 e. The molecule has 62 heavy (non-hydrogen) atoms. The molecular weight excluding hydrogens is 767 g/mol. The summed E-state index contributed by atoms with van der Waals surface area (Å²) in [6.45, 7) is 27.6. The van der Waals surface area contributed by atoms with Gasteiger partial charge in [0.1, 0.15) is 0 Å². The fourth-order valence-corrected chi connectivity index (χ4v) is 17.2. The molecule has 1 aromatic heterocycles. The van der Waals surface area contributed by atoms with Gasteiger partial charge in [-0.05, 0) is 190 Å². The predicted octanol–water partition coefficient (Wildman–Crippen LogP) is 18.1. The molecule has 4 aliphatic rings. The number of hydrogen-bond acceptors (Lipinski definition) is 2. The zero-order valence-corrected chi connectivity index (χ0v) is 43.2. The van der Waals surface area contributed by atoms with Crippen LogP contribution in [0.5, 0.6) is 0 Å². The van der Waals surface area contributed by atoms with Crippen molar-refractivity contribution < 1.29 is 0 Å². The van der Waals surface area contributed by atoms with Gasteiger partial charge in [0.15, 0.2) is 0 Å². The molecule has 4 fully saturated rings. The average molecular weight is 865 g/mol. The summed E-state index contributed by atoms with van der Waals surface area (Å²) in [5.74, 6) is 12.2. The van der Waals surface area contributed by atoms with Gasteiger partial charge < -0.3 is 5.32 Å². The van der Waals surface area contributed by atoms with E-state index in [1.54, 1.807) is 25.9 Å². The van der Waals surface area contributed by atoms with Crippen molar-refractivity contribution in [2.75, 3.05) is 0 Å². The van der Waals surface area contributed by atoms with Crippen molar-refractivity contribution in [3.05, 3.63) is 47.0 Å². The van der Waals surface area contributed by atoms with Gasteiger partial charge in [-0.25, -0.2) is 0 Å². The van der Waals surface area contributed by atoms with Crippen molar-refractivity contribution in [2.24, 2.45) is 82.9 Å². The first-order chi connectivity index (χ1) is 29.9. The monoisotopic (exact) mass is 864 g/mol. The van der Waals surface area contributed by atoms with Crippen LogP contribution < -0.4 is 5.32 Å². The third kappa shape index (κ3) is 11.4. The van der Waals surface area contributed by atoms with Gasteiger partial charge in [-0.3, -0.25) is 0 Å². The molecule has 1 saturated heterocycles. The fourth-order valence-electron chi connectivity index (χ4n) is 16.0. The third-order valence-electron chi connectivity index (χ3n) is 19.0. The van der Waals surface area contributed by atoms with Crippen LogP contribution in [-0.2, 0) is 12.8 Å². The van der Waals surface area contributed by atoms with E-state index in [-0.39, 0.29) is 0 Å². The first-order valence-electron chi connectivity index (χ1n) is 27.6. The Morgan fingerprint density at radius 1 is 0.758 bits per heavy atom. The van der Waals surface area contributed by atoms with Crippen molar-refractivity contribution in [2.45, 2.75) is 223 Å². The topological polar surface area (TPSA) is 12.0 Å². The highest BCUT2D eigenvalue weighted by Gasteiger charge is 2.50. The first kappa shape index (κ1) is 48.6. The van der Waals surface area contributed by atoms with Gasteiger partial charge in [-0.15, -0.1) is 11.3 Å². The molecule has 0 radical (unpaired) electrons. The van der Waals surface area contributed by atoms with Gasteiger partial charge in [0.25, 0.3) is 0 Å². The molecule has 0 amide bonds. The van der Waals surface area contributed by atoms with Crippen LogP contribution in [0.15, 0.2) is 30.3 Å². The van der Waals surface area contributed by atoms with Crippen molar-refractivity contribution in [1.82, 2.24) is 5.32 Å². The lowest BCUT2D eigenvalue weighted by Crippen LogP contribution is -2.60. The lowest BCUT2D eigenvalue weighted by Gasteiger charge is -2.56. The Morgan fingerprint density at radius 2 is 1.55 bits per heavy atom. The molecule has 3 aromatic rings. The number of piperidine rings is 1. The molecule has 1 N–H and O–H groups in total. The molecule has 0 spiro atoms. The van der Waals surface area contributed by atoms with Gasteiger partial charge in [-0.2, -0.15) is 0 Å². The third-order valence-corrected chi connectivity index (χ3v) is 20.4. The van der Waals surface area contributed by atoms with E-state index in [0.29, 0.717) is 12.1 Å². The average Bonchev–Trinajstić information content (AvgIpc) is 3.64. The summed E-state index contributed by atoms with van der Waals surface area (Å²) in [5.41, 5.74) is 4.72. The molecule has 348 valence electrons. The van der Waals surface area contributed by atoms with Crippen LogP contribution in [0, 0.1) is 89.8 Å². The minimum atomic E-state index is 0.636. The molecule has 3 saturated carbocycles. The molecule has 1 aliphatic heterocycles. The normalized spacial score (nSPS) is 31.9. The van der Waals surface area contributed by atoms with E-state index in [4.69, 9.17) is 0 Å². The van der Waals surface area contributed by atoms with Gasteiger partial charge in [0, 0.05) is 32.3 Å². The second kappa shape index (κ2) is 22.4. The number of thiophene rings is 1. The zero-order valence-electron chi connectivity index (χ0n) is 42.4. The largest absolute Gasteiger partial charge is 0.311 e. The van der Waals surface area contributed by atoms with Crippen molar-refractivity contribution in [3.63, 3.8) is 0 Å². The molecule has 14 atom stereocenters. The van der Waals surface area contributed by atoms with Crippen molar-refractivity contribution >= 4 is 31.5 Å². The molecular formula is C60H97NS. The number of rotatable bonds is 19. The predicted molar refractivity (Wildman–Crippen MR) is 276 cm³/mol. The van der Waals surface area contributed by atoms with E-state index in [9.17, 15) is 0 Å². The highest BCUT2D eigenvalue weighted by Crippen LogP contribution is 2.53. The summed E-state index contributed by atoms with van der Waals surface area (Å²) in [6.07, 6.45) is 29.6. The van der Waals surface area contributed by atoms with Crippen LogP contribution in [0.25, 0.3) is 20.2 Å². The van der Waals surface area contributed by atoms with Gasteiger partial charge in [-0.1, -0.05) is 151 Å². The summed E-state index contributed by atoms with van der Waals surface area (Å²) in [4.78, 5) is 0. The highest BCUT2D eigenvalue weighted by molar-refractivity contribution is 7.26. The summed E-state index contributed by atoms with van der Waals surface area (Å²) in [5, 5.41) is 7.51. The van der Waals surface area contributed by atoms with Gasteiger partial charge >= 0.3 is 0 Å². The van der Waals surface area contributed by atoms with E-state index in [0.717, 1.165) is 82.9 Å². The standard InChI is InChI=1S/C60H97NS/c1-12-20-39(6)30-50(55-36-51(48-22-16-15-17-23-48)37-56-54(33-43(10)61-58(55)56)44(11)40(7)29-38(4)5)28-27-46-32-42(9)59-57(35-46)53-26-19-25-49(60(53)62-59)24-18-21-45-31-41(8)52(14-3)47(13-2)34-45/h19,25-26,32,35,38-41,43-45,47-48,50-52,54-56,58,61H,12-18,20-24,27-31,33-34,36-37H2,1-11H3. The highest BCUT2D eigenvalue weighted by atomic mass is 32.1. The molecule has 7 rings (SSSR count). The maximum absolute atomic E-state index is 4.44. The number of nitrogens with one attached hydrogen (secondary N) is 1. The number of aryl methyl sites for hydroxylation is 3. The van der Waals surface area contributed by atoms with E-state index in [1.165, 1.54) is 146 Å². The second-order valence-electron chi connectivity index (χ2n) is 24.0. The van der Waals surface area contributed by atoms with E-state index >= 15 is 0 Å². The summed E-state index contributed by atoms with van der Waals surface area (Å²) < 4.78 is 3.12. The molecule has 2 aromatic carbocycles. The molecule has 2 heteroatoms. The molecule has 1 nitrogen and oxygen atoms in total. The SMILES string of the molecule is CCCC(C)CC(CCc1cc(C)c2sc3c(CCCC4CC(C)C(CC)C(CC)C4)cccc3c2c1)C1CC(C2CCCCC2)CC2C(C(C)C(C)CC(C)C)CC(C)NC12. The zero-order chi connectivity index (χ0) is 44.1. The Kier molecular flexibility index (Phi) is 17.5. The van der Waals surface area contributed by atoms with Crippen molar-refractivity contribution in [3.8, 4) is 0 Å². The molecule has 3 aliphatic carbocycles. The van der Waals surface area contributed by atoms with E-state index < -0.39 is 0 Å². The lowest BCUT2D eigenvalue weighted by atomic mass is 9.54. The van der Waals surface area contributed by atoms with Crippen LogP contribution >= 0.6 is 11.3 Å². The van der Waals surface area contributed by atoms with E-state index in [2.05, 4.69) is 123 Å². The van der Waals surface area contributed by atoms with Gasteiger partial charge in [0.05, 0.1) is 0 Å². The molecule has 14 unspecified atom stereocenters.